The number of anilines is 2. The molecule has 7 N–H and O–H groups in total. The third-order valence-electron chi connectivity index (χ3n) is 20.2. The van der Waals surface area contributed by atoms with E-state index in [0.29, 0.717) is 28.6 Å². The topological polar surface area (TPSA) is 447 Å². The van der Waals surface area contributed by atoms with Gasteiger partial charge in [-0.05, 0) is 187 Å². The Bertz CT molecular complexity index is 6120. The first-order valence-corrected chi connectivity index (χ1v) is 56.1. The first-order valence-electron chi connectivity index (χ1n) is 42.6. The van der Waals surface area contributed by atoms with E-state index in [1.54, 1.807) is 146 Å². The summed E-state index contributed by atoms with van der Waals surface area (Å²) in [5.41, 5.74) is 3.26. The molecular formula is C89H106Cl6F4N13O23P5. The quantitative estimate of drug-likeness (QED) is 0.00688. The minimum Gasteiger partial charge on any atom is -0.497 e. The molecule has 0 radical (unpaired) electrons. The van der Waals surface area contributed by atoms with Crippen LogP contribution in [0, 0.1) is 5.92 Å². The average molecular weight is 2170 g/mol. The minimum absolute atomic E-state index is 0.000531. The van der Waals surface area contributed by atoms with Gasteiger partial charge < -0.3 is 72.1 Å². The molecule has 140 heavy (non-hydrogen) atoms. The van der Waals surface area contributed by atoms with Gasteiger partial charge in [-0.15, -0.1) is 0 Å². The number of nitrogens with two attached hydrogens (primary N) is 1. The van der Waals surface area contributed by atoms with Crippen LogP contribution in [-0.4, -0.2) is 162 Å². The Balaban J connectivity index is 0.000000241. The number of halogens is 10. The maximum Gasteiger partial charge on any atom is 0.459 e. The highest BCUT2D eigenvalue weighted by Gasteiger charge is 2.66. The number of rotatable bonds is 38. The van der Waals surface area contributed by atoms with Gasteiger partial charge in [-0.3, -0.25) is 37.1 Å². The number of carbonyl (C=O) groups excluding carboxylic acids is 3. The van der Waals surface area contributed by atoms with E-state index in [-0.39, 0.29) is 65.0 Å². The number of nitrogen functional groups attached to an aromatic ring is 1. The predicted molar refractivity (Wildman–Crippen MR) is 523 cm³/mol. The van der Waals surface area contributed by atoms with Gasteiger partial charge in [0.1, 0.15) is 76.7 Å². The summed E-state index contributed by atoms with van der Waals surface area (Å²) in [6.45, 7) is 11.7. The Morgan fingerprint density at radius 3 is 1.20 bits per heavy atom. The summed E-state index contributed by atoms with van der Waals surface area (Å²) < 4.78 is 204. The molecule has 6 heterocycles. The molecule has 3 unspecified atom stereocenters. The fourth-order valence-electron chi connectivity index (χ4n) is 13.7. The van der Waals surface area contributed by atoms with Crippen LogP contribution in [0.15, 0.2) is 219 Å². The standard InChI is InChI=1S/C46H51F2N6O8P.C25H33F2N6O8P.C12H17ClNO4P.C6H5Cl2O2P.Cl3OP/c1-30(2)60-41(55)31(3)53-63(56,62-37-21-15-10-16-22-37)59-28-45(48)32(4)44(5,47)42(61-45)54-29-49-39-38(27-57-6)50-43(51-40(39)54)52-46(33-17-11-8-12-18-33,34-19-13-9-14-20-34)35-23-25-36(58-7)26-24-35;1-14(2)39-20(34)15(3)32-42(36,41-16-9-7-6-8-10-16)38-12-25(27)21(35)24(4,26)22(40-25)33-13-29-18-17(11-37-5)30-23(28)31-19(18)33;1-9(2)17-12(15)10(3)14-19(13,16)18-11-7-5-4-6-8-11;7-11(8,9)10-6-4-2-1-3-5-6;1-5(2,3)4/h8-26,29-32,42H,27-28H2,1-7H3,(H,53,56)(H,50,51,52);6-10,13-15,21-22,35H,11-12H2,1-5H3,(H,32,36)(H2,28,30,31);4-10H,1-3H3,(H,14,16);1-5H;/t31-,32-,42+,44+,45+,63?;15-,21-,22+,24+,25+,42?;10-,19?;;/m000../s1. The zero-order valence-corrected chi connectivity index (χ0v) is 87.0. The van der Waals surface area contributed by atoms with E-state index in [1.165, 1.54) is 84.0 Å². The van der Waals surface area contributed by atoms with E-state index in [4.69, 9.17) is 110 Å². The predicted octanol–water partition coefficient (Wildman–Crippen LogP) is 21.9. The molecule has 0 saturated carbocycles. The molecule has 11 aromatic rings. The number of nitrogens with zero attached hydrogens (tertiary/aromatic N) is 8. The maximum absolute atomic E-state index is 17.3. The van der Waals surface area contributed by atoms with Crippen molar-refractivity contribution in [1.29, 1.82) is 0 Å². The van der Waals surface area contributed by atoms with Gasteiger partial charge in [-0.1, -0.05) is 153 Å². The van der Waals surface area contributed by atoms with Crippen LogP contribution >= 0.6 is 101 Å². The lowest BCUT2D eigenvalue weighted by molar-refractivity contribution is -0.202. The van der Waals surface area contributed by atoms with Crippen molar-refractivity contribution in [2.45, 2.75) is 180 Å². The summed E-state index contributed by atoms with van der Waals surface area (Å²) in [5.74, 6) is -8.19. The number of hydrogen-bond acceptors (Lipinski definition) is 31. The van der Waals surface area contributed by atoms with E-state index >= 15 is 17.6 Å². The van der Waals surface area contributed by atoms with Crippen molar-refractivity contribution < 1.29 is 125 Å². The van der Waals surface area contributed by atoms with Crippen LogP contribution in [0.25, 0.3) is 22.3 Å². The van der Waals surface area contributed by atoms with Gasteiger partial charge in [-0.25, -0.2) is 60.8 Å². The summed E-state index contributed by atoms with van der Waals surface area (Å²) in [7, 11) is -4.60. The number of esters is 3. The van der Waals surface area contributed by atoms with Gasteiger partial charge in [0.25, 0.3) is 5.85 Å². The fourth-order valence-corrected chi connectivity index (χ4v) is 19.3. The number of ether oxygens (including phenoxy) is 8. The number of fused-ring (bicyclic) bond motifs is 2. The van der Waals surface area contributed by atoms with E-state index in [1.807, 2.05) is 84.9 Å². The Morgan fingerprint density at radius 2 is 0.814 bits per heavy atom. The summed E-state index contributed by atoms with van der Waals surface area (Å²) in [6.07, 6.45) is -8.13. The molecule has 0 amide bonds. The SMILES string of the molecule is CC(C)OC(=O)[C@H](C)NP(=O)(Cl)Oc1ccccc1.COCc1nc(N)nc2c1ncn2[C@@H]1O[C@](F)(COP(=O)(N[C@@H](C)C(=O)OC(C)C)Oc2ccccc2)[C@@H](O)[C@@]1(C)F.COCc1nc(NC(c2ccccc2)(c2ccccc2)c2ccc(OC)cc2)nc2c1ncn2[C@@H]1O[C@](F)(COP(=O)(N[C@@H](C)C(=O)OC(C)C)Oc2ccccc2)[C@@H](C)[C@@]1(C)F.O=P(Cl)(Cl)Cl.O=P(Cl)(Cl)Oc1ccccc1. The molecule has 14 atom stereocenters. The molecule has 51 heteroatoms. The lowest BCUT2D eigenvalue weighted by Crippen LogP contribution is -2.47. The molecule has 2 aliphatic heterocycles. The van der Waals surface area contributed by atoms with Gasteiger partial charge in [0.15, 0.2) is 41.2 Å². The molecule has 2 aliphatic rings. The first kappa shape index (κ1) is 114. The number of aliphatic hydroxyl groups is 1. The minimum atomic E-state index is -4.57. The van der Waals surface area contributed by atoms with Crippen LogP contribution in [0.5, 0.6) is 28.7 Å². The lowest BCUT2D eigenvalue weighted by atomic mass is 9.77. The molecule has 7 aromatic carbocycles. The second-order valence-electron chi connectivity index (χ2n) is 32.3. The van der Waals surface area contributed by atoms with Crippen LogP contribution in [0.3, 0.4) is 0 Å². The Kier molecular flexibility index (Phi) is 40.8. The largest absolute Gasteiger partial charge is 0.497 e. The van der Waals surface area contributed by atoms with Gasteiger partial charge in [0.05, 0.1) is 68.6 Å². The number of para-hydroxylation sites is 4. The normalized spacial score (nSPS) is 21.0. The van der Waals surface area contributed by atoms with Crippen LogP contribution in [0.1, 0.15) is 124 Å². The van der Waals surface area contributed by atoms with Crippen LogP contribution in [0.4, 0.5) is 29.5 Å². The summed E-state index contributed by atoms with van der Waals surface area (Å²) in [4.78, 5) is 63.3. The van der Waals surface area contributed by atoms with Crippen molar-refractivity contribution in [3.63, 3.8) is 0 Å². The highest BCUT2D eigenvalue weighted by molar-refractivity contribution is 8.24. The monoisotopic (exact) mass is 2170 g/mol. The number of imidazole rings is 2. The van der Waals surface area contributed by atoms with E-state index in [2.05, 4.69) is 78.8 Å². The Morgan fingerprint density at radius 1 is 0.471 bits per heavy atom. The van der Waals surface area contributed by atoms with Crippen molar-refractivity contribution in [3.05, 3.63) is 247 Å². The molecule has 0 bridgehead atoms. The highest BCUT2D eigenvalue weighted by atomic mass is 36.0. The second-order valence-corrected chi connectivity index (χ2v) is 49.2. The van der Waals surface area contributed by atoms with Gasteiger partial charge in [0.2, 0.25) is 17.8 Å². The zero-order valence-electron chi connectivity index (χ0n) is 78.0. The van der Waals surface area contributed by atoms with Crippen LogP contribution in [0.2, 0.25) is 0 Å². The van der Waals surface area contributed by atoms with Gasteiger partial charge in [0, 0.05) is 47.9 Å². The zero-order chi connectivity index (χ0) is 103. The van der Waals surface area contributed by atoms with Crippen LogP contribution in [-0.2, 0) is 98.2 Å². The van der Waals surface area contributed by atoms with E-state index < -0.39 is 148 Å². The highest BCUT2D eigenvalue weighted by Crippen LogP contribution is 2.62. The molecule has 36 nitrogen and oxygen atoms in total. The molecule has 2 saturated heterocycles. The third-order valence-corrected chi connectivity index (χ3v) is 25.9. The number of aromatic nitrogens is 8. The van der Waals surface area contributed by atoms with Crippen LogP contribution < -0.4 is 49.1 Å². The first-order chi connectivity index (χ1) is 65.7. The fraction of sp³-hybridized carbons (Fsp3) is 0.382. The summed E-state index contributed by atoms with van der Waals surface area (Å²) in [5, 5.41) is 18.6. The molecule has 0 aliphatic carbocycles. The number of benzene rings is 7. The molecule has 13 rings (SSSR count). The Hall–Kier alpha value is -9.14. The molecule has 760 valence electrons. The number of methoxy groups -OCH3 is 3. The number of aliphatic hydroxyl groups excluding tert-OH is 1. The average Bonchev–Trinajstić information content (AvgIpc) is 1.64. The van der Waals surface area contributed by atoms with E-state index in [0.717, 1.165) is 34.5 Å². The summed E-state index contributed by atoms with van der Waals surface area (Å²) in [6, 6.07) is 56.7. The molecule has 0 spiro atoms. The number of hydrogen-bond donors (Lipinski definition) is 6. The maximum atomic E-state index is 17.3. The van der Waals surface area contributed by atoms with Crippen molar-refractivity contribution in [2.24, 2.45) is 5.92 Å². The smallest absolute Gasteiger partial charge is 0.459 e. The molecule has 4 aromatic heterocycles. The third kappa shape index (κ3) is 31.9. The number of carbonyl (C=O) groups is 3. The molecule has 2 fully saturated rings. The number of nitrogens with one attached hydrogen (secondary N) is 4. The molecular weight excluding hydrogens is 2060 g/mol. The number of alkyl halides is 4. The van der Waals surface area contributed by atoms with Gasteiger partial charge in [-0.2, -0.15) is 20.1 Å². The lowest BCUT2D eigenvalue weighted by Gasteiger charge is -2.37. The summed E-state index contributed by atoms with van der Waals surface area (Å²) >= 11 is 29.9. The van der Waals surface area contributed by atoms with E-state index in [9.17, 15) is 42.3 Å². The Labute approximate surface area is 834 Å². The second kappa shape index (κ2) is 49.9. The van der Waals surface area contributed by atoms with Crippen molar-refractivity contribution >= 4 is 153 Å². The van der Waals surface area contributed by atoms with Crippen molar-refractivity contribution in [1.82, 2.24) is 54.3 Å². The van der Waals surface area contributed by atoms with Gasteiger partial charge >= 0.3 is 51.5 Å². The van der Waals surface area contributed by atoms with Crippen molar-refractivity contribution in [3.8, 4) is 28.7 Å². The van der Waals surface area contributed by atoms with Crippen molar-refractivity contribution in [2.75, 3.05) is 45.6 Å².